The third kappa shape index (κ3) is 2.32. The molecule has 0 aliphatic carbocycles. The van der Waals surface area contributed by atoms with E-state index in [0.717, 1.165) is 15.6 Å². The Kier molecular flexibility index (Phi) is 3.80. The molecule has 0 fully saturated rings. The fourth-order valence-corrected chi connectivity index (χ4v) is 2.68. The van der Waals surface area contributed by atoms with Crippen molar-refractivity contribution in [2.75, 3.05) is 7.11 Å². The number of ketones is 1. The first kappa shape index (κ1) is 13.9. The quantitative estimate of drug-likeness (QED) is 0.795. The minimum Gasteiger partial charge on any atom is -0.496 e. The van der Waals surface area contributed by atoms with Crippen LogP contribution in [0.2, 0.25) is 0 Å². The molecule has 0 aliphatic heterocycles. The number of carbonyl (C=O) groups excluding carboxylic acids is 1. The average Bonchev–Trinajstić information content (AvgIpc) is 2.79. The molecule has 0 radical (unpaired) electrons. The van der Waals surface area contributed by atoms with Gasteiger partial charge in [0, 0.05) is 4.47 Å². The molecule has 0 saturated heterocycles. The molecule has 0 N–H and O–H groups in total. The van der Waals surface area contributed by atoms with Crippen molar-refractivity contribution in [1.29, 1.82) is 0 Å². The summed E-state index contributed by atoms with van der Waals surface area (Å²) in [6.45, 7) is 5.59. The van der Waals surface area contributed by atoms with E-state index in [4.69, 9.17) is 9.15 Å². The van der Waals surface area contributed by atoms with Crippen LogP contribution < -0.4 is 4.74 Å². The SMILES string of the molecule is COc1c(C)cc(Br)c(C)c1C(=O)c1ccoc1C. The van der Waals surface area contributed by atoms with Gasteiger partial charge in [-0.05, 0) is 44.0 Å². The van der Waals surface area contributed by atoms with E-state index < -0.39 is 0 Å². The third-order valence-electron chi connectivity index (χ3n) is 3.20. The molecule has 4 heteroatoms. The summed E-state index contributed by atoms with van der Waals surface area (Å²) >= 11 is 3.48. The van der Waals surface area contributed by atoms with Gasteiger partial charge in [-0.3, -0.25) is 4.79 Å². The molecule has 0 saturated carbocycles. The summed E-state index contributed by atoms with van der Waals surface area (Å²) in [7, 11) is 1.58. The Balaban J connectivity index is 2.68. The van der Waals surface area contributed by atoms with Gasteiger partial charge >= 0.3 is 0 Å². The minimum absolute atomic E-state index is 0.0787. The zero-order valence-electron chi connectivity index (χ0n) is 11.3. The second-order valence-electron chi connectivity index (χ2n) is 4.43. The van der Waals surface area contributed by atoms with Crippen LogP contribution in [0.5, 0.6) is 5.75 Å². The van der Waals surface area contributed by atoms with Crippen LogP contribution in [0.25, 0.3) is 0 Å². The van der Waals surface area contributed by atoms with Crippen LogP contribution in [0.15, 0.2) is 27.3 Å². The van der Waals surface area contributed by atoms with Crippen molar-refractivity contribution in [3.63, 3.8) is 0 Å². The van der Waals surface area contributed by atoms with Gasteiger partial charge in [-0.25, -0.2) is 0 Å². The Hall–Kier alpha value is -1.55. The first-order valence-electron chi connectivity index (χ1n) is 5.89. The van der Waals surface area contributed by atoms with Gasteiger partial charge in [0.15, 0.2) is 0 Å². The maximum Gasteiger partial charge on any atom is 0.200 e. The number of hydrogen-bond acceptors (Lipinski definition) is 3. The average molecular weight is 323 g/mol. The van der Waals surface area contributed by atoms with E-state index >= 15 is 0 Å². The highest BCUT2D eigenvalue weighted by atomic mass is 79.9. The van der Waals surface area contributed by atoms with Crippen molar-refractivity contribution in [1.82, 2.24) is 0 Å². The maximum atomic E-state index is 12.7. The molecule has 3 nitrogen and oxygen atoms in total. The summed E-state index contributed by atoms with van der Waals surface area (Å²) in [6, 6.07) is 3.64. The van der Waals surface area contributed by atoms with Gasteiger partial charge in [-0.15, -0.1) is 0 Å². The fourth-order valence-electron chi connectivity index (χ4n) is 2.14. The van der Waals surface area contributed by atoms with Crippen molar-refractivity contribution in [2.45, 2.75) is 20.8 Å². The topological polar surface area (TPSA) is 39.4 Å². The number of ether oxygens (including phenoxy) is 1. The van der Waals surface area contributed by atoms with E-state index in [1.807, 2.05) is 19.9 Å². The Bertz CT molecular complexity index is 641. The predicted octanol–water partition coefficient (Wildman–Crippen LogP) is 4.21. The third-order valence-corrected chi connectivity index (χ3v) is 4.02. The molecular weight excluding hydrogens is 308 g/mol. The van der Waals surface area contributed by atoms with Crippen molar-refractivity contribution in [3.05, 3.63) is 50.9 Å². The van der Waals surface area contributed by atoms with Crippen molar-refractivity contribution < 1.29 is 13.9 Å². The monoisotopic (exact) mass is 322 g/mol. The molecule has 0 bridgehead atoms. The number of halogens is 1. The van der Waals surface area contributed by atoms with Gasteiger partial charge in [0.1, 0.15) is 11.5 Å². The van der Waals surface area contributed by atoms with Gasteiger partial charge in [-0.1, -0.05) is 15.9 Å². The summed E-state index contributed by atoms with van der Waals surface area (Å²) < 4.78 is 11.5. The van der Waals surface area contributed by atoms with E-state index in [-0.39, 0.29) is 5.78 Å². The molecule has 1 aromatic carbocycles. The Morgan fingerprint density at radius 1 is 1.32 bits per heavy atom. The summed E-state index contributed by atoms with van der Waals surface area (Å²) in [5, 5.41) is 0. The lowest BCUT2D eigenvalue weighted by Gasteiger charge is -2.14. The molecule has 0 amide bonds. The Morgan fingerprint density at radius 2 is 2.00 bits per heavy atom. The Labute approximate surface area is 120 Å². The standard InChI is InChI=1S/C15H15BrO3/c1-8-7-12(16)9(2)13(15(8)18-4)14(17)11-5-6-19-10(11)3/h5-7H,1-4H3. The number of methoxy groups -OCH3 is 1. The van der Waals surface area contributed by atoms with Crippen LogP contribution in [-0.2, 0) is 0 Å². The first-order chi connectivity index (χ1) is 8.97. The van der Waals surface area contributed by atoms with Gasteiger partial charge in [0.05, 0.1) is 24.5 Å². The normalized spacial score (nSPS) is 10.6. The fraction of sp³-hybridized carbons (Fsp3) is 0.267. The molecule has 2 aromatic rings. The highest BCUT2D eigenvalue weighted by Gasteiger charge is 2.23. The van der Waals surface area contributed by atoms with Crippen LogP contribution in [-0.4, -0.2) is 12.9 Å². The lowest BCUT2D eigenvalue weighted by atomic mass is 9.96. The molecular formula is C15H15BrO3. The molecule has 0 aliphatic rings. The van der Waals surface area contributed by atoms with Crippen LogP contribution in [0.3, 0.4) is 0 Å². The molecule has 100 valence electrons. The van der Waals surface area contributed by atoms with Crippen molar-refractivity contribution in [2.24, 2.45) is 0 Å². The van der Waals surface area contributed by atoms with Gasteiger partial charge in [0.2, 0.25) is 5.78 Å². The zero-order valence-corrected chi connectivity index (χ0v) is 12.9. The van der Waals surface area contributed by atoms with Gasteiger partial charge in [-0.2, -0.15) is 0 Å². The van der Waals surface area contributed by atoms with Gasteiger partial charge in [0.25, 0.3) is 0 Å². The number of furan rings is 1. The number of carbonyl (C=O) groups is 1. The van der Waals surface area contributed by atoms with E-state index in [0.29, 0.717) is 22.6 Å². The molecule has 19 heavy (non-hydrogen) atoms. The Morgan fingerprint density at radius 3 is 2.53 bits per heavy atom. The smallest absolute Gasteiger partial charge is 0.200 e. The second-order valence-corrected chi connectivity index (χ2v) is 5.28. The van der Waals surface area contributed by atoms with Gasteiger partial charge < -0.3 is 9.15 Å². The number of benzene rings is 1. The molecule has 0 unspecified atom stereocenters. The van der Waals surface area contributed by atoms with Crippen molar-refractivity contribution >= 4 is 21.7 Å². The summed E-state index contributed by atoms with van der Waals surface area (Å²) in [6.07, 6.45) is 1.52. The van der Waals surface area contributed by atoms with Crippen molar-refractivity contribution in [3.8, 4) is 5.75 Å². The highest BCUT2D eigenvalue weighted by molar-refractivity contribution is 9.10. The predicted molar refractivity (Wildman–Crippen MR) is 77.0 cm³/mol. The number of rotatable bonds is 3. The lowest BCUT2D eigenvalue weighted by molar-refractivity contribution is 0.103. The van der Waals surface area contributed by atoms with Crippen LogP contribution >= 0.6 is 15.9 Å². The second kappa shape index (κ2) is 5.21. The van der Waals surface area contributed by atoms with E-state index in [9.17, 15) is 4.79 Å². The van der Waals surface area contributed by atoms with Crippen LogP contribution in [0.4, 0.5) is 0 Å². The summed E-state index contributed by atoms with van der Waals surface area (Å²) in [4.78, 5) is 12.7. The molecule has 0 atom stereocenters. The molecule has 1 heterocycles. The number of aryl methyl sites for hydroxylation is 2. The highest BCUT2D eigenvalue weighted by Crippen LogP contribution is 2.34. The molecule has 2 rings (SSSR count). The van der Waals surface area contributed by atoms with E-state index in [1.54, 1.807) is 20.1 Å². The van der Waals surface area contributed by atoms with Crippen LogP contribution in [0, 0.1) is 20.8 Å². The molecule has 1 aromatic heterocycles. The van der Waals surface area contributed by atoms with E-state index in [2.05, 4.69) is 15.9 Å². The lowest BCUT2D eigenvalue weighted by Crippen LogP contribution is -2.08. The number of hydrogen-bond donors (Lipinski definition) is 0. The maximum absolute atomic E-state index is 12.7. The van der Waals surface area contributed by atoms with Crippen LogP contribution in [0.1, 0.15) is 32.8 Å². The minimum atomic E-state index is -0.0787. The zero-order chi connectivity index (χ0) is 14.2. The molecule has 0 spiro atoms. The first-order valence-corrected chi connectivity index (χ1v) is 6.69. The summed E-state index contributed by atoms with van der Waals surface area (Å²) in [5.74, 6) is 1.15. The largest absolute Gasteiger partial charge is 0.496 e. The summed E-state index contributed by atoms with van der Waals surface area (Å²) in [5.41, 5.74) is 2.94. The van der Waals surface area contributed by atoms with E-state index in [1.165, 1.54) is 6.26 Å².